The molecule has 1 aliphatic rings. The van der Waals surface area contributed by atoms with Gasteiger partial charge in [-0.25, -0.2) is 0 Å². The number of nitrogen functional groups attached to an aromatic ring is 1. The summed E-state index contributed by atoms with van der Waals surface area (Å²) in [6.45, 7) is 5.03. The number of anilines is 1. The predicted octanol–water partition coefficient (Wildman–Crippen LogP) is 2.79. The Morgan fingerprint density at radius 2 is 1.92 bits per heavy atom. The molecular weight excluding hydrogens is 308 g/mol. The van der Waals surface area contributed by atoms with Crippen molar-refractivity contribution in [3.05, 3.63) is 36.1 Å². The van der Waals surface area contributed by atoms with Crippen LogP contribution >= 0.6 is 0 Å². The maximum atomic E-state index is 12.7. The molecule has 0 bridgehead atoms. The van der Waals surface area contributed by atoms with E-state index in [1.165, 1.54) is 0 Å². The van der Waals surface area contributed by atoms with Gasteiger partial charge in [0, 0.05) is 18.8 Å². The Morgan fingerprint density at radius 1 is 1.21 bits per heavy atom. The van der Waals surface area contributed by atoms with Gasteiger partial charge in [0.15, 0.2) is 5.76 Å². The quantitative estimate of drug-likeness (QED) is 0.876. The number of amides is 1. The van der Waals surface area contributed by atoms with Gasteiger partial charge in [-0.3, -0.25) is 4.79 Å². The van der Waals surface area contributed by atoms with Crippen LogP contribution in [0.5, 0.6) is 5.75 Å². The van der Waals surface area contributed by atoms with E-state index in [2.05, 4.69) is 0 Å². The molecule has 1 amide bonds. The van der Waals surface area contributed by atoms with Crippen molar-refractivity contribution in [1.29, 1.82) is 0 Å². The molecule has 1 saturated heterocycles. The summed E-state index contributed by atoms with van der Waals surface area (Å²) < 4.78 is 16.8. The van der Waals surface area contributed by atoms with E-state index in [-0.39, 0.29) is 18.1 Å². The molecule has 2 atom stereocenters. The van der Waals surface area contributed by atoms with Crippen molar-refractivity contribution in [2.75, 3.05) is 25.9 Å². The van der Waals surface area contributed by atoms with Crippen molar-refractivity contribution in [3.63, 3.8) is 0 Å². The van der Waals surface area contributed by atoms with Gasteiger partial charge in [0.05, 0.1) is 24.9 Å². The molecule has 2 aromatic rings. The lowest BCUT2D eigenvalue weighted by Gasteiger charge is -2.34. The molecule has 0 radical (unpaired) electrons. The molecule has 6 heteroatoms. The average molecular weight is 330 g/mol. The third-order valence-corrected chi connectivity index (χ3v) is 4.01. The Balaban J connectivity index is 1.85. The standard InChI is InChI=1S/C18H22N2O4/c1-11-9-20(10-12(2)23-11)18(21)17-7-6-16(24-17)14-8-13(19)4-5-15(14)22-3/h4-8,11-12H,9-10,19H2,1-3H3/t11-,12-/m0/s1. The van der Waals surface area contributed by atoms with Gasteiger partial charge in [-0.05, 0) is 44.2 Å². The number of morpholine rings is 1. The van der Waals surface area contributed by atoms with Gasteiger partial charge in [-0.15, -0.1) is 0 Å². The van der Waals surface area contributed by atoms with Crippen LogP contribution in [-0.2, 0) is 4.74 Å². The summed E-state index contributed by atoms with van der Waals surface area (Å²) in [6.07, 6.45) is 0.0299. The van der Waals surface area contributed by atoms with Gasteiger partial charge in [-0.2, -0.15) is 0 Å². The predicted molar refractivity (Wildman–Crippen MR) is 91.0 cm³/mol. The number of methoxy groups -OCH3 is 1. The molecule has 6 nitrogen and oxygen atoms in total. The van der Waals surface area contributed by atoms with Crippen LogP contribution < -0.4 is 10.5 Å². The molecule has 0 aliphatic carbocycles. The first-order chi connectivity index (χ1) is 11.5. The first-order valence-electron chi connectivity index (χ1n) is 7.96. The molecule has 0 saturated carbocycles. The summed E-state index contributed by atoms with van der Waals surface area (Å²) in [6, 6.07) is 8.75. The lowest BCUT2D eigenvalue weighted by atomic mass is 10.1. The summed E-state index contributed by atoms with van der Waals surface area (Å²) in [4.78, 5) is 14.4. The van der Waals surface area contributed by atoms with Gasteiger partial charge < -0.3 is 24.5 Å². The summed E-state index contributed by atoms with van der Waals surface area (Å²) in [5, 5.41) is 0. The van der Waals surface area contributed by atoms with Crippen molar-refractivity contribution in [3.8, 4) is 17.1 Å². The van der Waals surface area contributed by atoms with E-state index in [4.69, 9.17) is 19.6 Å². The van der Waals surface area contributed by atoms with Crippen LogP contribution in [0.2, 0.25) is 0 Å². The van der Waals surface area contributed by atoms with Crippen LogP contribution in [0.1, 0.15) is 24.4 Å². The number of benzene rings is 1. The molecule has 3 rings (SSSR count). The second-order valence-corrected chi connectivity index (χ2v) is 6.09. The molecule has 0 spiro atoms. The fourth-order valence-electron chi connectivity index (χ4n) is 3.02. The fourth-order valence-corrected chi connectivity index (χ4v) is 3.02. The van der Waals surface area contributed by atoms with Crippen molar-refractivity contribution >= 4 is 11.6 Å². The highest BCUT2D eigenvalue weighted by atomic mass is 16.5. The van der Waals surface area contributed by atoms with Crippen molar-refractivity contribution in [1.82, 2.24) is 4.90 Å². The smallest absolute Gasteiger partial charge is 0.289 e. The average Bonchev–Trinajstić information content (AvgIpc) is 3.03. The number of nitrogens with zero attached hydrogens (tertiary/aromatic N) is 1. The number of ether oxygens (including phenoxy) is 2. The van der Waals surface area contributed by atoms with Gasteiger partial charge in [0.1, 0.15) is 11.5 Å². The summed E-state index contributed by atoms with van der Waals surface area (Å²) >= 11 is 0. The molecule has 1 aromatic carbocycles. The molecule has 1 aliphatic heterocycles. The molecule has 2 heterocycles. The molecule has 24 heavy (non-hydrogen) atoms. The molecule has 128 valence electrons. The first kappa shape index (κ1) is 16.4. The minimum absolute atomic E-state index is 0.0150. The molecule has 2 N–H and O–H groups in total. The van der Waals surface area contributed by atoms with Crippen LogP contribution in [0.15, 0.2) is 34.7 Å². The van der Waals surface area contributed by atoms with E-state index < -0.39 is 0 Å². The zero-order valence-corrected chi connectivity index (χ0v) is 14.1. The third kappa shape index (κ3) is 3.23. The number of carbonyl (C=O) groups is 1. The monoisotopic (exact) mass is 330 g/mol. The number of furan rings is 1. The van der Waals surface area contributed by atoms with Gasteiger partial charge in [0.2, 0.25) is 0 Å². The Labute approximate surface area is 141 Å². The minimum atomic E-state index is -0.133. The lowest BCUT2D eigenvalue weighted by molar-refractivity contribution is -0.0592. The van der Waals surface area contributed by atoms with Gasteiger partial charge >= 0.3 is 0 Å². The number of carbonyl (C=O) groups excluding carboxylic acids is 1. The highest BCUT2D eigenvalue weighted by Gasteiger charge is 2.28. The SMILES string of the molecule is COc1ccc(N)cc1-c1ccc(C(=O)N2C[C@H](C)O[C@@H](C)C2)o1. The zero-order chi connectivity index (χ0) is 17.3. The summed E-state index contributed by atoms with van der Waals surface area (Å²) in [7, 11) is 1.58. The van der Waals surface area contributed by atoms with E-state index in [9.17, 15) is 4.79 Å². The van der Waals surface area contributed by atoms with E-state index in [1.54, 1.807) is 42.3 Å². The third-order valence-electron chi connectivity index (χ3n) is 4.01. The van der Waals surface area contributed by atoms with Crippen molar-refractivity contribution in [2.24, 2.45) is 0 Å². The Bertz CT molecular complexity index is 730. The second kappa shape index (κ2) is 6.57. The van der Waals surface area contributed by atoms with Crippen molar-refractivity contribution < 1.29 is 18.7 Å². The summed E-state index contributed by atoms with van der Waals surface area (Å²) in [5.74, 6) is 1.37. The first-order valence-corrected chi connectivity index (χ1v) is 7.96. The number of hydrogen-bond donors (Lipinski definition) is 1. The maximum Gasteiger partial charge on any atom is 0.289 e. The van der Waals surface area contributed by atoms with Crippen molar-refractivity contribution in [2.45, 2.75) is 26.1 Å². The Morgan fingerprint density at radius 3 is 2.58 bits per heavy atom. The maximum absolute atomic E-state index is 12.7. The largest absolute Gasteiger partial charge is 0.496 e. The van der Waals surface area contributed by atoms with Crippen LogP contribution in [-0.4, -0.2) is 43.2 Å². The van der Waals surface area contributed by atoms with E-state index >= 15 is 0 Å². The zero-order valence-electron chi connectivity index (χ0n) is 14.1. The van der Waals surface area contributed by atoms with E-state index in [0.29, 0.717) is 36.0 Å². The topological polar surface area (TPSA) is 77.9 Å². The molecule has 0 unspecified atom stereocenters. The normalized spacial score (nSPS) is 20.9. The fraction of sp³-hybridized carbons (Fsp3) is 0.389. The van der Waals surface area contributed by atoms with E-state index in [0.717, 1.165) is 5.56 Å². The van der Waals surface area contributed by atoms with Crippen LogP contribution in [0.3, 0.4) is 0 Å². The minimum Gasteiger partial charge on any atom is -0.496 e. The number of rotatable bonds is 3. The van der Waals surface area contributed by atoms with Crippen LogP contribution in [0, 0.1) is 0 Å². The highest BCUT2D eigenvalue weighted by molar-refractivity contribution is 5.92. The van der Waals surface area contributed by atoms with Crippen LogP contribution in [0.25, 0.3) is 11.3 Å². The van der Waals surface area contributed by atoms with Gasteiger partial charge in [0.25, 0.3) is 5.91 Å². The van der Waals surface area contributed by atoms with Gasteiger partial charge in [-0.1, -0.05) is 0 Å². The molecule has 1 fully saturated rings. The number of hydrogen-bond acceptors (Lipinski definition) is 5. The van der Waals surface area contributed by atoms with E-state index in [1.807, 2.05) is 13.8 Å². The summed E-state index contributed by atoms with van der Waals surface area (Å²) in [5.41, 5.74) is 7.17. The highest BCUT2D eigenvalue weighted by Crippen LogP contribution is 2.33. The Hall–Kier alpha value is -2.47. The Kier molecular flexibility index (Phi) is 4.49. The molecular formula is C18H22N2O4. The number of nitrogens with two attached hydrogens (primary N) is 1. The lowest BCUT2D eigenvalue weighted by Crippen LogP contribution is -2.48. The van der Waals surface area contributed by atoms with Crippen LogP contribution in [0.4, 0.5) is 5.69 Å². The second-order valence-electron chi connectivity index (χ2n) is 6.09. The molecule has 1 aromatic heterocycles.